The van der Waals surface area contributed by atoms with Crippen molar-refractivity contribution in [3.8, 4) is 0 Å². The van der Waals surface area contributed by atoms with Crippen LogP contribution in [0.3, 0.4) is 0 Å². The van der Waals surface area contributed by atoms with Crippen molar-refractivity contribution in [3.63, 3.8) is 0 Å². The fraction of sp³-hybridized carbons (Fsp3) is 0.571. The molecule has 0 aliphatic carbocycles. The average molecular weight is 364 g/mol. The van der Waals surface area contributed by atoms with Crippen molar-refractivity contribution < 1.29 is 8.42 Å². The van der Waals surface area contributed by atoms with Gasteiger partial charge in [-0.05, 0) is 25.1 Å². The van der Waals surface area contributed by atoms with E-state index < -0.39 is 10.0 Å². The lowest BCUT2D eigenvalue weighted by Crippen LogP contribution is -2.52. The Morgan fingerprint density at radius 1 is 1.14 bits per heavy atom. The Bertz CT molecular complexity index is 639. The minimum atomic E-state index is -3.59. The first-order valence-electron chi connectivity index (χ1n) is 7.39. The van der Waals surface area contributed by atoms with Crippen molar-refractivity contribution in [2.45, 2.75) is 17.4 Å². The van der Waals surface area contributed by atoms with Crippen molar-refractivity contribution in [2.75, 3.05) is 39.3 Å². The summed E-state index contributed by atoms with van der Waals surface area (Å²) in [5.74, 6) is 0. The summed E-state index contributed by atoms with van der Waals surface area (Å²) in [6, 6.07) is 5.24. The van der Waals surface area contributed by atoms with Gasteiger partial charge in [0.1, 0.15) is 4.90 Å². The Morgan fingerprint density at radius 3 is 2.50 bits per heavy atom. The SMILES string of the molecule is O=S(=O)(c1cccc(Cl)c1Cl)N1CCN(C2CCNC2)CC1. The summed E-state index contributed by atoms with van der Waals surface area (Å²) >= 11 is 12.0. The Morgan fingerprint density at radius 2 is 1.86 bits per heavy atom. The van der Waals surface area contributed by atoms with Crippen molar-refractivity contribution in [1.82, 2.24) is 14.5 Å². The lowest BCUT2D eigenvalue weighted by Gasteiger charge is -2.37. The molecule has 2 aliphatic rings. The zero-order valence-corrected chi connectivity index (χ0v) is 14.5. The Balaban J connectivity index is 1.73. The van der Waals surface area contributed by atoms with Crippen LogP contribution in [-0.2, 0) is 10.0 Å². The summed E-state index contributed by atoms with van der Waals surface area (Å²) in [5, 5.41) is 3.71. The Labute approximate surface area is 141 Å². The highest BCUT2D eigenvalue weighted by Crippen LogP contribution is 2.31. The van der Waals surface area contributed by atoms with E-state index in [1.54, 1.807) is 12.1 Å². The van der Waals surface area contributed by atoms with Crippen molar-refractivity contribution in [2.24, 2.45) is 0 Å². The molecule has 1 aromatic rings. The van der Waals surface area contributed by atoms with Gasteiger partial charge in [0.25, 0.3) is 0 Å². The van der Waals surface area contributed by atoms with Gasteiger partial charge in [-0.1, -0.05) is 29.3 Å². The van der Waals surface area contributed by atoms with Gasteiger partial charge in [0, 0.05) is 38.8 Å². The molecule has 8 heteroatoms. The number of sulfonamides is 1. The van der Waals surface area contributed by atoms with E-state index in [0.717, 1.165) is 32.6 Å². The average Bonchev–Trinajstić information content (AvgIpc) is 3.04. The fourth-order valence-electron chi connectivity index (χ4n) is 3.08. The van der Waals surface area contributed by atoms with Crippen molar-refractivity contribution >= 4 is 33.2 Å². The number of nitrogens with zero attached hydrogens (tertiary/aromatic N) is 2. The topological polar surface area (TPSA) is 52.7 Å². The predicted octanol–water partition coefficient (Wildman–Crippen LogP) is 1.66. The normalized spacial score (nSPS) is 24.7. The van der Waals surface area contributed by atoms with Gasteiger partial charge in [0.2, 0.25) is 10.0 Å². The highest BCUT2D eigenvalue weighted by molar-refractivity contribution is 7.89. The number of rotatable bonds is 3. The van der Waals surface area contributed by atoms with Crippen LogP contribution < -0.4 is 5.32 Å². The highest BCUT2D eigenvalue weighted by Gasteiger charge is 2.33. The molecule has 0 aromatic heterocycles. The molecule has 0 bridgehead atoms. The third kappa shape index (κ3) is 3.13. The third-order valence-corrected chi connectivity index (χ3v) is 7.23. The molecule has 2 fully saturated rings. The van der Waals surface area contributed by atoms with Gasteiger partial charge >= 0.3 is 0 Å². The molecule has 1 N–H and O–H groups in total. The number of hydrogen-bond donors (Lipinski definition) is 1. The third-order valence-electron chi connectivity index (χ3n) is 4.36. The summed E-state index contributed by atoms with van der Waals surface area (Å²) in [5.41, 5.74) is 0. The minimum absolute atomic E-state index is 0.0950. The number of piperazine rings is 1. The van der Waals surface area contributed by atoms with Gasteiger partial charge in [-0.2, -0.15) is 4.31 Å². The van der Waals surface area contributed by atoms with Crippen molar-refractivity contribution in [1.29, 1.82) is 0 Å². The van der Waals surface area contributed by atoms with Gasteiger partial charge in [-0.15, -0.1) is 0 Å². The lowest BCUT2D eigenvalue weighted by atomic mass is 10.2. The molecule has 2 aliphatic heterocycles. The van der Waals surface area contributed by atoms with E-state index in [9.17, 15) is 8.42 Å². The largest absolute Gasteiger partial charge is 0.315 e. The van der Waals surface area contributed by atoms with E-state index in [-0.39, 0.29) is 14.9 Å². The van der Waals surface area contributed by atoms with E-state index in [1.807, 2.05) is 0 Å². The molecule has 0 spiro atoms. The van der Waals surface area contributed by atoms with Crippen LogP contribution in [0, 0.1) is 0 Å². The van der Waals surface area contributed by atoms with E-state index in [4.69, 9.17) is 23.2 Å². The molecular formula is C14H19Cl2N3O2S. The first kappa shape index (κ1) is 16.5. The Kier molecular flexibility index (Phi) is 4.97. The van der Waals surface area contributed by atoms with Crippen LogP contribution in [0.5, 0.6) is 0 Å². The first-order chi connectivity index (χ1) is 10.5. The quantitative estimate of drug-likeness (QED) is 0.887. The predicted molar refractivity (Wildman–Crippen MR) is 88.1 cm³/mol. The van der Waals surface area contributed by atoms with Crippen LogP contribution >= 0.6 is 23.2 Å². The number of halogens is 2. The zero-order chi connectivity index (χ0) is 15.7. The van der Waals surface area contributed by atoms with Gasteiger partial charge in [-0.25, -0.2) is 8.42 Å². The molecule has 2 saturated heterocycles. The standard InChI is InChI=1S/C14H19Cl2N3O2S/c15-12-2-1-3-13(14(12)16)22(20,21)19-8-6-18(7-9-19)11-4-5-17-10-11/h1-3,11,17H,4-10H2. The molecule has 3 rings (SSSR count). The van der Waals surface area contributed by atoms with Gasteiger partial charge in [0.05, 0.1) is 10.0 Å². The summed E-state index contributed by atoms with van der Waals surface area (Å²) in [7, 11) is -3.59. The van der Waals surface area contributed by atoms with Crippen LogP contribution in [0.1, 0.15) is 6.42 Å². The van der Waals surface area contributed by atoms with Gasteiger partial charge in [-0.3, -0.25) is 4.90 Å². The second kappa shape index (κ2) is 6.63. The van der Waals surface area contributed by atoms with E-state index >= 15 is 0 Å². The summed E-state index contributed by atoms with van der Waals surface area (Å²) in [6.07, 6.45) is 1.13. The molecular weight excluding hydrogens is 345 g/mol. The maximum Gasteiger partial charge on any atom is 0.244 e. The maximum atomic E-state index is 12.7. The molecule has 0 radical (unpaired) electrons. The summed E-state index contributed by atoms with van der Waals surface area (Å²) in [4.78, 5) is 2.46. The second-order valence-corrected chi connectivity index (χ2v) is 8.33. The smallest absolute Gasteiger partial charge is 0.244 e. The molecule has 1 aromatic carbocycles. The molecule has 122 valence electrons. The molecule has 1 atom stereocenters. The molecule has 0 amide bonds. The van der Waals surface area contributed by atoms with Gasteiger partial charge in [0.15, 0.2) is 0 Å². The summed E-state index contributed by atoms with van der Waals surface area (Å²) in [6.45, 7) is 4.52. The first-order valence-corrected chi connectivity index (χ1v) is 9.58. The highest BCUT2D eigenvalue weighted by atomic mass is 35.5. The molecule has 0 saturated carbocycles. The molecule has 22 heavy (non-hydrogen) atoms. The molecule has 1 unspecified atom stereocenters. The fourth-order valence-corrected chi connectivity index (χ4v) is 5.24. The minimum Gasteiger partial charge on any atom is -0.315 e. The van der Waals surface area contributed by atoms with Crippen LogP contribution in [-0.4, -0.2) is 62.9 Å². The monoisotopic (exact) mass is 363 g/mol. The van der Waals surface area contributed by atoms with Gasteiger partial charge < -0.3 is 5.32 Å². The van der Waals surface area contributed by atoms with Crippen molar-refractivity contribution in [3.05, 3.63) is 28.2 Å². The van der Waals surface area contributed by atoms with E-state index in [1.165, 1.54) is 10.4 Å². The number of benzene rings is 1. The molecule has 5 nitrogen and oxygen atoms in total. The number of nitrogens with one attached hydrogen (secondary N) is 1. The maximum absolute atomic E-state index is 12.7. The number of hydrogen-bond acceptors (Lipinski definition) is 4. The van der Waals surface area contributed by atoms with E-state index in [0.29, 0.717) is 19.1 Å². The van der Waals surface area contributed by atoms with E-state index in [2.05, 4.69) is 10.2 Å². The summed E-state index contributed by atoms with van der Waals surface area (Å²) < 4.78 is 27.0. The second-order valence-electron chi connectivity index (χ2n) is 5.64. The lowest BCUT2D eigenvalue weighted by molar-refractivity contribution is 0.145. The van der Waals surface area contributed by atoms with Crippen LogP contribution in [0.4, 0.5) is 0 Å². The van der Waals surface area contributed by atoms with Crippen LogP contribution in [0.25, 0.3) is 0 Å². The van der Waals surface area contributed by atoms with Crippen LogP contribution in [0.15, 0.2) is 23.1 Å². The Hall–Kier alpha value is -0.370. The zero-order valence-electron chi connectivity index (χ0n) is 12.1. The molecule has 2 heterocycles. The van der Waals surface area contributed by atoms with Crippen LogP contribution in [0.2, 0.25) is 10.0 Å².